The quantitative estimate of drug-likeness (QED) is 0.476. The van der Waals surface area contributed by atoms with Crippen molar-refractivity contribution in [2.45, 2.75) is 44.4 Å². The van der Waals surface area contributed by atoms with E-state index in [1.54, 1.807) is 26.4 Å². The molecule has 0 aromatic heterocycles. The number of hydrogen-bond donors (Lipinski definition) is 1. The Balaban J connectivity index is 1.98. The number of benzene rings is 2. The zero-order valence-corrected chi connectivity index (χ0v) is 20.0. The van der Waals surface area contributed by atoms with Gasteiger partial charge in [-0.3, -0.25) is 0 Å². The third kappa shape index (κ3) is 6.30. The summed E-state index contributed by atoms with van der Waals surface area (Å²) < 4.78 is 16.0. The molecule has 2 rings (SSSR count). The molecule has 1 N–H and O–H groups in total. The summed E-state index contributed by atoms with van der Waals surface area (Å²) in [5, 5.41) is 20.1. The Hall–Kier alpha value is -2.91. The van der Waals surface area contributed by atoms with Gasteiger partial charge in [-0.2, -0.15) is 5.26 Å². The molecule has 0 aliphatic heterocycles. The molecule has 0 saturated carbocycles. The van der Waals surface area contributed by atoms with E-state index in [1.807, 2.05) is 18.2 Å². The van der Waals surface area contributed by atoms with Crippen molar-refractivity contribution in [3.05, 3.63) is 47.5 Å². The van der Waals surface area contributed by atoms with Crippen LogP contribution in [0.1, 0.15) is 43.7 Å². The van der Waals surface area contributed by atoms with Gasteiger partial charge in [0.05, 0.1) is 32.8 Å². The number of hydrogen-bond acceptors (Lipinski definition) is 6. The first kappa shape index (κ1) is 25.4. The molecule has 0 spiro atoms. The predicted octanol–water partition coefficient (Wildman–Crippen LogP) is 4.93. The fourth-order valence-electron chi connectivity index (χ4n) is 4.11. The average molecular weight is 441 g/mol. The van der Waals surface area contributed by atoms with Gasteiger partial charge < -0.3 is 24.2 Å². The van der Waals surface area contributed by atoms with E-state index in [-0.39, 0.29) is 5.75 Å². The molecule has 0 aliphatic rings. The molecule has 1 atom stereocenters. The Bertz CT molecular complexity index is 909. The number of phenols is 1. The van der Waals surface area contributed by atoms with Gasteiger partial charge in [0.25, 0.3) is 0 Å². The number of phenolic OH excluding ortho intramolecular Hbond substituents is 1. The minimum absolute atomic E-state index is 0.0921. The zero-order valence-electron chi connectivity index (χ0n) is 20.0. The molecule has 0 saturated heterocycles. The van der Waals surface area contributed by atoms with Gasteiger partial charge in [0.2, 0.25) is 0 Å². The lowest BCUT2D eigenvalue weighted by Gasteiger charge is -2.28. The number of aromatic hydroxyl groups is 1. The van der Waals surface area contributed by atoms with Crippen molar-refractivity contribution in [2.24, 2.45) is 0 Å². The number of rotatable bonds is 13. The van der Waals surface area contributed by atoms with Crippen LogP contribution in [0.25, 0.3) is 0 Å². The molecule has 0 bridgehead atoms. The first-order valence-electron chi connectivity index (χ1n) is 11.1. The van der Waals surface area contributed by atoms with Gasteiger partial charge in [0, 0.05) is 6.54 Å². The van der Waals surface area contributed by atoms with Crippen molar-refractivity contribution in [2.75, 3.05) is 41.5 Å². The predicted molar refractivity (Wildman–Crippen MR) is 127 cm³/mol. The van der Waals surface area contributed by atoms with Crippen molar-refractivity contribution in [1.29, 1.82) is 5.26 Å². The molecule has 0 fully saturated rings. The maximum absolute atomic E-state index is 10.1. The van der Waals surface area contributed by atoms with Gasteiger partial charge in [-0.25, -0.2) is 0 Å². The number of likely N-dealkylation sites (N-methyl/N-ethyl adjacent to an activating group) is 1. The van der Waals surface area contributed by atoms with Gasteiger partial charge >= 0.3 is 0 Å². The van der Waals surface area contributed by atoms with E-state index in [0.717, 1.165) is 62.3 Å². The Morgan fingerprint density at radius 1 is 0.938 bits per heavy atom. The van der Waals surface area contributed by atoms with E-state index in [9.17, 15) is 10.4 Å². The van der Waals surface area contributed by atoms with Gasteiger partial charge in [-0.05, 0) is 74.7 Å². The fraction of sp³-hybridized carbons (Fsp3) is 0.500. The van der Waals surface area contributed by atoms with Crippen LogP contribution < -0.4 is 14.2 Å². The van der Waals surface area contributed by atoms with Gasteiger partial charge in [0.15, 0.2) is 23.0 Å². The summed E-state index contributed by atoms with van der Waals surface area (Å²) in [7, 11) is 6.92. The Morgan fingerprint density at radius 2 is 1.66 bits per heavy atom. The summed E-state index contributed by atoms with van der Waals surface area (Å²) in [5.41, 5.74) is 1.52. The molecule has 174 valence electrons. The highest BCUT2D eigenvalue weighted by Crippen LogP contribution is 2.38. The molecule has 0 amide bonds. The van der Waals surface area contributed by atoms with Crippen LogP contribution in [0.3, 0.4) is 0 Å². The Labute approximate surface area is 192 Å². The fourth-order valence-corrected chi connectivity index (χ4v) is 4.11. The summed E-state index contributed by atoms with van der Waals surface area (Å²) in [4.78, 5) is 2.29. The molecule has 0 aliphatic carbocycles. The maximum Gasteiger partial charge on any atom is 0.160 e. The first-order chi connectivity index (χ1) is 15.4. The van der Waals surface area contributed by atoms with Crippen LogP contribution >= 0.6 is 0 Å². The lowest BCUT2D eigenvalue weighted by Crippen LogP contribution is -2.28. The van der Waals surface area contributed by atoms with E-state index in [4.69, 9.17) is 14.2 Å². The molecule has 1 unspecified atom stereocenters. The van der Waals surface area contributed by atoms with Crippen LogP contribution in [0.4, 0.5) is 0 Å². The summed E-state index contributed by atoms with van der Waals surface area (Å²) >= 11 is 0. The minimum Gasteiger partial charge on any atom is -0.504 e. The van der Waals surface area contributed by atoms with Gasteiger partial charge in [-0.1, -0.05) is 25.5 Å². The second kappa shape index (κ2) is 12.2. The number of ether oxygens (including phenoxy) is 3. The third-order valence-electron chi connectivity index (χ3n) is 6.00. The van der Waals surface area contributed by atoms with Crippen molar-refractivity contribution < 1.29 is 19.3 Å². The summed E-state index contributed by atoms with van der Waals surface area (Å²) in [6.45, 7) is 3.91. The SMILES string of the molecule is CCCC(C#N)(CCCN(C)CCc1ccc(OC)c(OC)c1)c1ccc(O)c(OC)c1. The van der Waals surface area contributed by atoms with Crippen molar-refractivity contribution in [3.8, 4) is 29.1 Å². The van der Waals surface area contributed by atoms with Crippen LogP contribution in [0.2, 0.25) is 0 Å². The van der Waals surface area contributed by atoms with E-state index in [0.29, 0.717) is 5.75 Å². The molecule has 0 radical (unpaired) electrons. The zero-order chi connectivity index (χ0) is 23.6. The number of nitriles is 1. The van der Waals surface area contributed by atoms with Crippen LogP contribution in [0.5, 0.6) is 23.0 Å². The van der Waals surface area contributed by atoms with Crippen LogP contribution in [-0.2, 0) is 11.8 Å². The summed E-state index contributed by atoms with van der Waals surface area (Å²) in [6, 6.07) is 13.9. The van der Waals surface area contributed by atoms with Gasteiger partial charge in [0.1, 0.15) is 0 Å². The molecule has 2 aromatic carbocycles. The number of methoxy groups -OCH3 is 3. The smallest absolute Gasteiger partial charge is 0.160 e. The summed E-state index contributed by atoms with van der Waals surface area (Å²) in [6.07, 6.45) is 4.24. The summed E-state index contributed by atoms with van der Waals surface area (Å²) in [5.74, 6) is 1.98. The normalized spacial score (nSPS) is 12.8. The molecule has 2 aromatic rings. The second-order valence-electron chi connectivity index (χ2n) is 8.18. The molecule has 32 heavy (non-hydrogen) atoms. The third-order valence-corrected chi connectivity index (χ3v) is 6.00. The Kier molecular flexibility index (Phi) is 9.67. The van der Waals surface area contributed by atoms with E-state index in [1.165, 1.54) is 12.7 Å². The second-order valence-corrected chi connectivity index (χ2v) is 8.18. The molecular formula is C26H36N2O4. The van der Waals surface area contributed by atoms with E-state index in [2.05, 4.69) is 31.0 Å². The van der Waals surface area contributed by atoms with Gasteiger partial charge in [-0.15, -0.1) is 0 Å². The molecule has 6 heteroatoms. The highest BCUT2D eigenvalue weighted by molar-refractivity contribution is 5.46. The van der Waals surface area contributed by atoms with Crippen LogP contribution in [0.15, 0.2) is 36.4 Å². The van der Waals surface area contributed by atoms with Crippen LogP contribution in [-0.4, -0.2) is 51.5 Å². The monoisotopic (exact) mass is 440 g/mol. The van der Waals surface area contributed by atoms with Crippen molar-refractivity contribution >= 4 is 0 Å². The van der Waals surface area contributed by atoms with Crippen molar-refractivity contribution in [3.63, 3.8) is 0 Å². The maximum atomic E-state index is 10.1. The van der Waals surface area contributed by atoms with Crippen molar-refractivity contribution in [1.82, 2.24) is 4.90 Å². The lowest BCUT2D eigenvalue weighted by atomic mass is 9.74. The molecule has 6 nitrogen and oxygen atoms in total. The first-order valence-corrected chi connectivity index (χ1v) is 11.1. The number of nitrogens with zero attached hydrogens (tertiary/aromatic N) is 2. The molecular weight excluding hydrogens is 404 g/mol. The van der Waals surface area contributed by atoms with Crippen LogP contribution in [0, 0.1) is 11.3 Å². The van der Waals surface area contributed by atoms with E-state index >= 15 is 0 Å². The standard InChI is InChI=1S/C26H36N2O4/c1-6-13-26(19-27,21-9-10-22(29)24(18-21)31-4)14-7-15-28(2)16-12-20-8-11-23(30-3)25(17-20)32-5/h8-11,17-18,29H,6-7,12-16H2,1-5H3. The largest absolute Gasteiger partial charge is 0.504 e. The molecule has 0 heterocycles. The minimum atomic E-state index is -0.583. The Morgan fingerprint density at radius 3 is 2.28 bits per heavy atom. The lowest BCUT2D eigenvalue weighted by molar-refractivity contribution is 0.311. The average Bonchev–Trinajstić information content (AvgIpc) is 2.82. The van der Waals surface area contributed by atoms with E-state index < -0.39 is 5.41 Å². The topological polar surface area (TPSA) is 75.0 Å². The highest BCUT2D eigenvalue weighted by Gasteiger charge is 2.32. The highest BCUT2D eigenvalue weighted by atomic mass is 16.5.